The van der Waals surface area contributed by atoms with Gasteiger partial charge in [0.2, 0.25) is 0 Å². The van der Waals surface area contributed by atoms with Gasteiger partial charge in [-0.15, -0.1) is 0 Å². The van der Waals surface area contributed by atoms with Crippen molar-refractivity contribution in [2.24, 2.45) is 0 Å². The van der Waals surface area contributed by atoms with Gasteiger partial charge in [-0.3, -0.25) is 4.98 Å². The van der Waals surface area contributed by atoms with Crippen LogP contribution in [0, 0.1) is 0 Å². The number of ether oxygens (including phenoxy) is 1. The number of nitrogens with zero attached hydrogens (tertiary/aromatic N) is 1. The Hall–Kier alpha value is -0.570. The van der Waals surface area contributed by atoms with Gasteiger partial charge in [0.1, 0.15) is 5.75 Å². The van der Waals surface area contributed by atoms with Crippen molar-refractivity contribution in [1.29, 1.82) is 0 Å². The molecule has 11 heavy (non-hydrogen) atoms. The molecule has 1 aromatic heterocycles. The number of aromatic nitrogens is 1. The summed E-state index contributed by atoms with van der Waals surface area (Å²) in [5, 5.41) is 0. The molecule has 1 aromatic rings. The third-order valence-electron chi connectivity index (χ3n) is 1.71. The predicted molar refractivity (Wildman–Crippen MR) is 45.8 cm³/mol. The Bertz CT molecular complexity index is 275. The van der Waals surface area contributed by atoms with Crippen LogP contribution in [0.4, 0.5) is 0 Å². The van der Waals surface area contributed by atoms with Crippen molar-refractivity contribution in [2.75, 3.05) is 6.61 Å². The number of halogens is 1. The van der Waals surface area contributed by atoms with Crippen LogP contribution in [-0.4, -0.2) is 11.6 Å². The molecule has 0 aliphatic carbocycles. The molecule has 0 saturated carbocycles. The molecule has 3 heteroatoms. The van der Waals surface area contributed by atoms with E-state index in [4.69, 9.17) is 4.74 Å². The van der Waals surface area contributed by atoms with Crippen LogP contribution in [0.3, 0.4) is 0 Å². The van der Waals surface area contributed by atoms with Gasteiger partial charge in [-0.25, -0.2) is 0 Å². The van der Waals surface area contributed by atoms with Crippen LogP contribution in [0.2, 0.25) is 0 Å². The van der Waals surface area contributed by atoms with E-state index in [1.807, 2.05) is 12.3 Å². The van der Waals surface area contributed by atoms with Gasteiger partial charge in [-0.1, -0.05) is 0 Å². The topological polar surface area (TPSA) is 22.1 Å². The van der Waals surface area contributed by atoms with E-state index < -0.39 is 0 Å². The minimum absolute atomic E-state index is 0.825. The first-order valence-electron chi connectivity index (χ1n) is 3.63. The zero-order valence-corrected chi connectivity index (χ0v) is 7.60. The standard InChI is InChI=1S/C8H8BrNO/c9-6-4-8-7(10-5-6)2-1-3-11-8/h4-5H,1-3H2. The lowest BCUT2D eigenvalue weighted by atomic mass is 10.2. The second kappa shape index (κ2) is 2.81. The van der Waals surface area contributed by atoms with E-state index in [0.717, 1.165) is 35.4 Å². The quantitative estimate of drug-likeness (QED) is 0.660. The first-order chi connectivity index (χ1) is 5.36. The van der Waals surface area contributed by atoms with Crippen molar-refractivity contribution in [3.05, 3.63) is 22.4 Å². The molecular weight excluding hydrogens is 206 g/mol. The highest BCUT2D eigenvalue weighted by molar-refractivity contribution is 9.10. The Morgan fingerprint density at radius 3 is 3.36 bits per heavy atom. The van der Waals surface area contributed by atoms with Crippen LogP contribution in [0.15, 0.2) is 16.7 Å². The number of hydrogen-bond acceptors (Lipinski definition) is 2. The lowest BCUT2D eigenvalue weighted by molar-refractivity contribution is 0.284. The molecule has 0 atom stereocenters. The summed E-state index contributed by atoms with van der Waals surface area (Å²) in [6.07, 6.45) is 3.94. The number of fused-ring (bicyclic) bond motifs is 1. The molecule has 0 fully saturated rings. The number of hydrogen-bond donors (Lipinski definition) is 0. The van der Waals surface area contributed by atoms with Crippen molar-refractivity contribution in [3.63, 3.8) is 0 Å². The second-order valence-corrected chi connectivity index (χ2v) is 3.47. The first kappa shape index (κ1) is 7.10. The van der Waals surface area contributed by atoms with Gasteiger partial charge in [0.05, 0.1) is 12.3 Å². The number of aryl methyl sites for hydroxylation is 1. The van der Waals surface area contributed by atoms with Gasteiger partial charge in [0.25, 0.3) is 0 Å². The lowest BCUT2D eigenvalue weighted by Crippen LogP contribution is -2.09. The summed E-state index contributed by atoms with van der Waals surface area (Å²) in [5.41, 5.74) is 1.08. The molecule has 0 unspecified atom stereocenters. The maximum atomic E-state index is 5.41. The van der Waals surface area contributed by atoms with E-state index in [9.17, 15) is 0 Å². The molecular formula is C8H8BrNO. The maximum Gasteiger partial charge on any atom is 0.141 e. The van der Waals surface area contributed by atoms with Gasteiger partial charge in [-0.05, 0) is 34.8 Å². The van der Waals surface area contributed by atoms with Crippen LogP contribution in [0.1, 0.15) is 12.1 Å². The Labute approximate surface area is 73.7 Å². The van der Waals surface area contributed by atoms with E-state index in [-0.39, 0.29) is 0 Å². The fraction of sp³-hybridized carbons (Fsp3) is 0.375. The molecule has 1 aliphatic heterocycles. The highest BCUT2D eigenvalue weighted by Crippen LogP contribution is 2.25. The summed E-state index contributed by atoms with van der Waals surface area (Å²) in [5.74, 6) is 0.936. The van der Waals surface area contributed by atoms with Crippen molar-refractivity contribution < 1.29 is 4.74 Å². The van der Waals surface area contributed by atoms with E-state index in [1.165, 1.54) is 0 Å². The van der Waals surface area contributed by atoms with E-state index in [2.05, 4.69) is 20.9 Å². The first-order valence-corrected chi connectivity index (χ1v) is 4.43. The molecule has 0 bridgehead atoms. The van der Waals surface area contributed by atoms with Crippen LogP contribution in [0.25, 0.3) is 0 Å². The maximum absolute atomic E-state index is 5.41. The normalized spacial score (nSPS) is 15.4. The molecule has 0 amide bonds. The van der Waals surface area contributed by atoms with Gasteiger partial charge >= 0.3 is 0 Å². The summed E-state index contributed by atoms with van der Waals surface area (Å²) in [7, 11) is 0. The summed E-state index contributed by atoms with van der Waals surface area (Å²) >= 11 is 3.35. The van der Waals surface area contributed by atoms with Crippen LogP contribution < -0.4 is 4.74 Å². The highest BCUT2D eigenvalue weighted by atomic mass is 79.9. The number of rotatable bonds is 0. The van der Waals surface area contributed by atoms with Crippen molar-refractivity contribution >= 4 is 15.9 Å². The highest BCUT2D eigenvalue weighted by Gasteiger charge is 2.10. The minimum Gasteiger partial charge on any atom is -0.492 e. The summed E-state index contributed by atoms with van der Waals surface area (Å²) < 4.78 is 6.40. The fourth-order valence-corrected chi connectivity index (χ4v) is 1.49. The average Bonchev–Trinajstić information content (AvgIpc) is 2.04. The molecule has 0 aromatic carbocycles. The van der Waals surface area contributed by atoms with Gasteiger partial charge in [-0.2, -0.15) is 0 Å². The van der Waals surface area contributed by atoms with Crippen LogP contribution in [-0.2, 0) is 6.42 Å². The monoisotopic (exact) mass is 213 g/mol. The zero-order valence-electron chi connectivity index (χ0n) is 6.01. The third kappa shape index (κ3) is 1.38. The third-order valence-corrected chi connectivity index (χ3v) is 2.15. The van der Waals surface area contributed by atoms with Crippen molar-refractivity contribution in [1.82, 2.24) is 4.98 Å². The summed E-state index contributed by atoms with van der Waals surface area (Å²) in [4.78, 5) is 4.25. The smallest absolute Gasteiger partial charge is 0.141 e. The summed E-state index contributed by atoms with van der Waals surface area (Å²) in [6, 6.07) is 1.97. The van der Waals surface area contributed by atoms with Gasteiger partial charge in [0, 0.05) is 10.7 Å². The fourth-order valence-electron chi connectivity index (χ4n) is 1.18. The Morgan fingerprint density at radius 2 is 2.45 bits per heavy atom. The molecule has 1 aliphatic rings. The molecule has 2 nitrogen and oxygen atoms in total. The SMILES string of the molecule is Brc1cnc2c(c1)OCCC2. The zero-order chi connectivity index (χ0) is 7.68. The van der Waals surface area contributed by atoms with Gasteiger partial charge in [0.15, 0.2) is 0 Å². The second-order valence-electron chi connectivity index (χ2n) is 2.55. The average molecular weight is 214 g/mol. The van der Waals surface area contributed by atoms with Gasteiger partial charge < -0.3 is 4.74 Å². The lowest BCUT2D eigenvalue weighted by Gasteiger charge is -2.15. The van der Waals surface area contributed by atoms with Crippen LogP contribution in [0.5, 0.6) is 5.75 Å². The molecule has 2 heterocycles. The number of pyridine rings is 1. The Kier molecular flexibility index (Phi) is 1.82. The molecule has 2 rings (SSSR count). The largest absolute Gasteiger partial charge is 0.492 e. The van der Waals surface area contributed by atoms with Crippen LogP contribution >= 0.6 is 15.9 Å². The molecule has 0 radical (unpaired) electrons. The summed E-state index contributed by atoms with van der Waals surface area (Å²) in [6.45, 7) is 0.825. The van der Waals surface area contributed by atoms with E-state index in [0.29, 0.717) is 0 Å². The predicted octanol–water partition coefficient (Wildman–Crippen LogP) is 2.17. The molecule has 0 spiro atoms. The minimum atomic E-state index is 0.825. The van der Waals surface area contributed by atoms with Crippen molar-refractivity contribution in [3.8, 4) is 5.75 Å². The molecule has 0 N–H and O–H groups in total. The molecule has 58 valence electrons. The van der Waals surface area contributed by atoms with E-state index >= 15 is 0 Å². The van der Waals surface area contributed by atoms with Crippen molar-refractivity contribution in [2.45, 2.75) is 12.8 Å². The Balaban J connectivity index is 2.43. The molecule has 0 saturated heterocycles. The Morgan fingerprint density at radius 1 is 1.55 bits per heavy atom. The van der Waals surface area contributed by atoms with E-state index in [1.54, 1.807) is 0 Å².